The number of fused-ring (bicyclic) bond motifs is 1. The lowest BCUT2D eigenvalue weighted by atomic mass is 10.1. The number of hydrogen-bond donors (Lipinski definition) is 1. The average molecular weight is 267 g/mol. The van der Waals surface area contributed by atoms with Gasteiger partial charge in [0, 0.05) is 5.39 Å². The summed E-state index contributed by atoms with van der Waals surface area (Å²) in [5.41, 5.74) is 8.20. The molecule has 0 aliphatic heterocycles. The molecule has 3 heteroatoms. The third-order valence-electron chi connectivity index (χ3n) is 3.23. The molecule has 0 fully saturated rings. The zero-order chi connectivity index (χ0) is 13.9. The van der Waals surface area contributed by atoms with Crippen molar-refractivity contribution < 1.29 is 9.15 Å². The molecule has 0 saturated carbocycles. The first-order valence-corrected chi connectivity index (χ1v) is 6.66. The van der Waals surface area contributed by atoms with Crippen molar-refractivity contribution in [1.82, 2.24) is 0 Å². The van der Waals surface area contributed by atoms with Crippen molar-refractivity contribution >= 4 is 11.0 Å². The van der Waals surface area contributed by atoms with Crippen LogP contribution in [0.25, 0.3) is 11.0 Å². The van der Waals surface area contributed by atoms with E-state index in [9.17, 15) is 0 Å². The van der Waals surface area contributed by atoms with E-state index in [1.54, 1.807) is 0 Å². The number of aryl methyl sites for hydroxylation is 1. The van der Waals surface area contributed by atoms with Crippen LogP contribution < -0.4 is 10.5 Å². The first-order chi connectivity index (χ1) is 9.72. The molecule has 3 aromatic rings. The summed E-state index contributed by atoms with van der Waals surface area (Å²) in [6, 6.07) is 17.4. The molecule has 3 nitrogen and oxygen atoms in total. The third-order valence-corrected chi connectivity index (χ3v) is 3.23. The van der Waals surface area contributed by atoms with Crippen molar-refractivity contribution in [2.45, 2.75) is 13.0 Å². The van der Waals surface area contributed by atoms with E-state index in [1.165, 1.54) is 5.56 Å². The predicted molar refractivity (Wildman–Crippen MR) is 79.8 cm³/mol. The highest BCUT2D eigenvalue weighted by Gasteiger charge is 2.13. The normalized spacial score (nSPS) is 12.5. The van der Waals surface area contributed by atoms with Gasteiger partial charge in [0.2, 0.25) is 0 Å². The van der Waals surface area contributed by atoms with Crippen molar-refractivity contribution in [3.05, 3.63) is 65.9 Å². The summed E-state index contributed by atoms with van der Waals surface area (Å²) in [4.78, 5) is 0. The Morgan fingerprint density at radius 1 is 1.10 bits per heavy atom. The molecule has 0 saturated heterocycles. The Morgan fingerprint density at radius 3 is 2.70 bits per heavy atom. The van der Waals surface area contributed by atoms with E-state index in [4.69, 9.17) is 14.9 Å². The van der Waals surface area contributed by atoms with Gasteiger partial charge in [0.25, 0.3) is 0 Å². The van der Waals surface area contributed by atoms with Crippen LogP contribution in [-0.2, 0) is 0 Å². The Morgan fingerprint density at radius 2 is 1.90 bits per heavy atom. The van der Waals surface area contributed by atoms with Crippen LogP contribution >= 0.6 is 0 Å². The molecular weight excluding hydrogens is 250 g/mol. The SMILES string of the molecule is Cc1ccc2oc(C(N)COc3ccccc3)cc2c1. The van der Waals surface area contributed by atoms with Gasteiger partial charge in [-0.05, 0) is 37.3 Å². The van der Waals surface area contributed by atoms with E-state index in [0.717, 1.165) is 22.5 Å². The molecule has 1 unspecified atom stereocenters. The Balaban J connectivity index is 1.73. The van der Waals surface area contributed by atoms with Crippen LogP contribution in [0.1, 0.15) is 17.4 Å². The molecule has 0 aliphatic rings. The van der Waals surface area contributed by atoms with Crippen molar-refractivity contribution in [2.75, 3.05) is 6.61 Å². The topological polar surface area (TPSA) is 48.4 Å². The van der Waals surface area contributed by atoms with Gasteiger partial charge in [-0.2, -0.15) is 0 Å². The smallest absolute Gasteiger partial charge is 0.134 e. The second-order valence-corrected chi connectivity index (χ2v) is 4.92. The molecule has 1 heterocycles. The lowest BCUT2D eigenvalue weighted by Gasteiger charge is -2.10. The van der Waals surface area contributed by atoms with Crippen molar-refractivity contribution in [3.8, 4) is 5.75 Å². The molecule has 20 heavy (non-hydrogen) atoms. The summed E-state index contributed by atoms with van der Waals surface area (Å²) in [6.45, 7) is 2.45. The van der Waals surface area contributed by atoms with Crippen molar-refractivity contribution in [1.29, 1.82) is 0 Å². The number of ether oxygens (including phenoxy) is 1. The minimum absolute atomic E-state index is 0.275. The monoisotopic (exact) mass is 267 g/mol. The number of benzene rings is 2. The zero-order valence-electron chi connectivity index (χ0n) is 11.4. The Bertz CT molecular complexity index is 703. The predicted octanol–water partition coefficient (Wildman–Crippen LogP) is 3.82. The van der Waals surface area contributed by atoms with E-state index in [1.807, 2.05) is 48.5 Å². The van der Waals surface area contributed by atoms with E-state index >= 15 is 0 Å². The fourth-order valence-corrected chi connectivity index (χ4v) is 2.15. The molecule has 0 bridgehead atoms. The Hall–Kier alpha value is -2.26. The maximum Gasteiger partial charge on any atom is 0.134 e. The van der Waals surface area contributed by atoms with Gasteiger partial charge >= 0.3 is 0 Å². The minimum atomic E-state index is -0.275. The summed E-state index contributed by atoms with van der Waals surface area (Å²) < 4.78 is 11.4. The highest BCUT2D eigenvalue weighted by Crippen LogP contribution is 2.24. The van der Waals surface area contributed by atoms with Gasteiger partial charge in [-0.3, -0.25) is 0 Å². The first-order valence-electron chi connectivity index (χ1n) is 6.66. The van der Waals surface area contributed by atoms with Gasteiger partial charge in [0.05, 0.1) is 6.04 Å². The number of rotatable bonds is 4. The largest absolute Gasteiger partial charge is 0.491 e. The number of para-hydroxylation sites is 1. The first kappa shape index (κ1) is 12.8. The lowest BCUT2D eigenvalue weighted by molar-refractivity contribution is 0.275. The van der Waals surface area contributed by atoms with Gasteiger partial charge in [0.1, 0.15) is 23.7 Å². The van der Waals surface area contributed by atoms with E-state index in [2.05, 4.69) is 13.0 Å². The molecule has 0 spiro atoms. The summed E-state index contributed by atoms with van der Waals surface area (Å²) in [5, 5.41) is 1.08. The molecular formula is C17H17NO2. The van der Waals surface area contributed by atoms with Crippen LogP contribution in [0, 0.1) is 6.92 Å². The summed E-state index contributed by atoms with van der Waals surface area (Å²) >= 11 is 0. The number of hydrogen-bond acceptors (Lipinski definition) is 3. The molecule has 1 atom stereocenters. The maximum absolute atomic E-state index is 6.13. The molecule has 3 rings (SSSR count). The van der Waals surface area contributed by atoms with Crippen molar-refractivity contribution in [3.63, 3.8) is 0 Å². The van der Waals surface area contributed by atoms with Crippen LogP contribution in [0.2, 0.25) is 0 Å². The van der Waals surface area contributed by atoms with Gasteiger partial charge in [-0.25, -0.2) is 0 Å². The Kier molecular flexibility index (Phi) is 3.44. The standard InChI is InChI=1S/C17H17NO2/c1-12-7-8-16-13(9-12)10-17(20-16)15(18)11-19-14-5-3-2-4-6-14/h2-10,15H,11,18H2,1H3. The van der Waals surface area contributed by atoms with Crippen LogP contribution in [0.5, 0.6) is 5.75 Å². The van der Waals surface area contributed by atoms with Crippen molar-refractivity contribution in [2.24, 2.45) is 5.73 Å². The second-order valence-electron chi connectivity index (χ2n) is 4.92. The minimum Gasteiger partial charge on any atom is -0.491 e. The summed E-state index contributed by atoms with van der Waals surface area (Å²) in [6.07, 6.45) is 0. The fourth-order valence-electron chi connectivity index (χ4n) is 2.15. The van der Waals surface area contributed by atoms with Gasteiger partial charge in [-0.1, -0.05) is 29.8 Å². The van der Waals surface area contributed by atoms with Crippen LogP contribution in [0.4, 0.5) is 0 Å². The highest BCUT2D eigenvalue weighted by atomic mass is 16.5. The van der Waals surface area contributed by atoms with Crippen LogP contribution in [0.15, 0.2) is 59.0 Å². The van der Waals surface area contributed by atoms with E-state index < -0.39 is 0 Å². The van der Waals surface area contributed by atoms with Gasteiger partial charge in [0.15, 0.2) is 0 Å². The maximum atomic E-state index is 6.13. The molecule has 0 radical (unpaired) electrons. The molecule has 102 valence electrons. The number of nitrogens with two attached hydrogens (primary N) is 1. The average Bonchev–Trinajstić information content (AvgIpc) is 2.89. The van der Waals surface area contributed by atoms with E-state index in [0.29, 0.717) is 6.61 Å². The van der Waals surface area contributed by atoms with Crippen LogP contribution in [0.3, 0.4) is 0 Å². The summed E-state index contributed by atoms with van der Waals surface area (Å²) in [7, 11) is 0. The molecule has 0 aliphatic carbocycles. The molecule has 1 aromatic heterocycles. The summed E-state index contributed by atoms with van der Waals surface area (Å²) in [5.74, 6) is 1.57. The zero-order valence-corrected chi connectivity index (χ0v) is 11.4. The lowest BCUT2D eigenvalue weighted by Crippen LogP contribution is -2.18. The molecule has 2 aromatic carbocycles. The highest BCUT2D eigenvalue weighted by molar-refractivity contribution is 5.78. The Labute approximate surface area is 118 Å². The quantitative estimate of drug-likeness (QED) is 0.781. The molecule has 0 amide bonds. The van der Waals surface area contributed by atoms with Gasteiger partial charge in [-0.15, -0.1) is 0 Å². The number of furan rings is 1. The van der Waals surface area contributed by atoms with E-state index in [-0.39, 0.29) is 6.04 Å². The fraction of sp³-hybridized carbons (Fsp3) is 0.176. The van der Waals surface area contributed by atoms with Crippen LogP contribution in [-0.4, -0.2) is 6.61 Å². The molecule has 2 N–H and O–H groups in total. The third kappa shape index (κ3) is 2.68. The van der Waals surface area contributed by atoms with Gasteiger partial charge < -0.3 is 14.9 Å². The second kappa shape index (κ2) is 5.39.